The molecule has 2 aromatic carbocycles. The zero-order valence-electron chi connectivity index (χ0n) is 26.7. The Bertz CT molecular complexity index is 1500. The lowest BCUT2D eigenvalue weighted by atomic mass is 9.79. The van der Waals surface area contributed by atoms with Crippen molar-refractivity contribution in [2.75, 3.05) is 26.2 Å². The van der Waals surface area contributed by atoms with E-state index in [1.54, 1.807) is 12.1 Å². The van der Waals surface area contributed by atoms with Crippen LogP contribution in [0.3, 0.4) is 0 Å². The van der Waals surface area contributed by atoms with Crippen molar-refractivity contribution in [3.63, 3.8) is 0 Å². The molecule has 0 aliphatic carbocycles. The van der Waals surface area contributed by atoms with E-state index in [9.17, 15) is 28.7 Å². The number of nitrogens with one attached hydrogen (secondary N) is 1. The number of rotatable bonds is 14. The predicted molar refractivity (Wildman–Crippen MR) is 174 cm³/mol. The fourth-order valence-corrected chi connectivity index (χ4v) is 5.18. The number of carbonyl (C=O) groups is 4. The molecular weight excluding hydrogens is 591 g/mol. The standard InChI is InChI=1S/C34H43FN6O5/c1-22-10-11-25(35)28(18-22)39-20-24(27(37)19-23-8-6-5-7-9-23)32(34(2,3)4)41(31(45)21-42)16-14-26(36)33(46)38-15-17-40-29(43)12-13-30(40)44/h5-13,18,20,26,32,42H,14-17,19,21,36-37H2,1-4H3,(H,38,46)/t26-,32-/m0/s1. The summed E-state index contributed by atoms with van der Waals surface area (Å²) in [6.45, 7) is 6.66. The number of benzene rings is 2. The number of aliphatic imine (C=N–C) groups is 1. The quantitative estimate of drug-likeness (QED) is 0.182. The molecule has 6 N–H and O–H groups in total. The highest BCUT2D eigenvalue weighted by atomic mass is 19.1. The molecule has 46 heavy (non-hydrogen) atoms. The van der Waals surface area contributed by atoms with Crippen molar-refractivity contribution >= 4 is 35.5 Å². The molecule has 0 aromatic heterocycles. The number of aliphatic hydroxyl groups excluding tert-OH is 1. The predicted octanol–water partition coefficient (Wildman–Crippen LogP) is 2.29. The van der Waals surface area contributed by atoms with Crippen molar-refractivity contribution in [1.82, 2.24) is 15.1 Å². The zero-order chi connectivity index (χ0) is 34.0. The highest BCUT2D eigenvalue weighted by Crippen LogP contribution is 2.32. The Balaban J connectivity index is 1.91. The van der Waals surface area contributed by atoms with Crippen LogP contribution in [0.4, 0.5) is 10.1 Å². The number of amides is 4. The second kappa shape index (κ2) is 16.1. The topological polar surface area (TPSA) is 171 Å². The molecule has 1 aliphatic heterocycles. The Kier molecular flexibility index (Phi) is 12.5. The van der Waals surface area contributed by atoms with Crippen LogP contribution in [0, 0.1) is 18.2 Å². The van der Waals surface area contributed by atoms with E-state index in [4.69, 9.17) is 11.5 Å². The van der Waals surface area contributed by atoms with Crippen molar-refractivity contribution in [2.45, 2.75) is 52.6 Å². The minimum atomic E-state index is -1.05. The van der Waals surface area contributed by atoms with Gasteiger partial charge >= 0.3 is 0 Å². The van der Waals surface area contributed by atoms with Gasteiger partial charge in [0.05, 0.1) is 17.8 Å². The second-order valence-electron chi connectivity index (χ2n) is 12.2. The molecule has 0 fully saturated rings. The highest BCUT2D eigenvalue weighted by molar-refractivity contribution is 6.12. The van der Waals surface area contributed by atoms with E-state index in [-0.39, 0.29) is 31.7 Å². The van der Waals surface area contributed by atoms with E-state index in [0.29, 0.717) is 17.7 Å². The number of allylic oxidation sites excluding steroid dienone is 1. The lowest BCUT2D eigenvalue weighted by Crippen LogP contribution is -2.53. The van der Waals surface area contributed by atoms with Crippen molar-refractivity contribution < 1.29 is 28.7 Å². The summed E-state index contributed by atoms with van der Waals surface area (Å²) in [4.78, 5) is 56.5. The minimum Gasteiger partial charge on any atom is -0.401 e. The smallest absolute Gasteiger partial charge is 0.253 e. The van der Waals surface area contributed by atoms with Crippen molar-refractivity contribution in [1.29, 1.82) is 0 Å². The molecule has 2 atom stereocenters. The van der Waals surface area contributed by atoms with Gasteiger partial charge in [-0.25, -0.2) is 4.39 Å². The van der Waals surface area contributed by atoms with E-state index >= 15 is 0 Å². The molecule has 0 bridgehead atoms. The molecule has 1 heterocycles. The van der Waals surface area contributed by atoms with Gasteiger partial charge in [-0.1, -0.05) is 57.2 Å². The summed E-state index contributed by atoms with van der Waals surface area (Å²) >= 11 is 0. The Morgan fingerprint density at radius 1 is 1.11 bits per heavy atom. The average Bonchev–Trinajstić information content (AvgIpc) is 3.33. The third kappa shape index (κ3) is 9.66. The molecule has 12 heteroatoms. The fourth-order valence-electron chi connectivity index (χ4n) is 5.18. The zero-order valence-corrected chi connectivity index (χ0v) is 26.7. The van der Waals surface area contributed by atoms with Gasteiger partial charge in [0.2, 0.25) is 11.8 Å². The average molecular weight is 635 g/mol. The lowest BCUT2D eigenvalue weighted by molar-refractivity contribution is -0.138. The summed E-state index contributed by atoms with van der Waals surface area (Å²) in [5, 5.41) is 12.6. The molecule has 4 amide bonds. The van der Waals surface area contributed by atoms with Gasteiger partial charge in [-0.05, 0) is 42.0 Å². The Morgan fingerprint density at radius 2 is 1.76 bits per heavy atom. The van der Waals surface area contributed by atoms with Gasteiger partial charge in [0, 0.05) is 55.7 Å². The third-order valence-corrected chi connectivity index (χ3v) is 7.49. The summed E-state index contributed by atoms with van der Waals surface area (Å²) in [7, 11) is 0. The molecule has 0 unspecified atom stereocenters. The molecule has 0 saturated carbocycles. The molecule has 3 rings (SSSR count). The molecule has 246 valence electrons. The van der Waals surface area contributed by atoms with E-state index < -0.39 is 53.6 Å². The number of nitrogens with zero attached hydrogens (tertiary/aromatic N) is 3. The molecule has 0 spiro atoms. The first-order chi connectivity index (χ1) is 21.7. The summed E-state index contributed by atoms with van der Waals surface area (Å²) in [5.74, 6) is -2.60. The fraction of sp³-hybridized carbons (Fsp3) is 0.382. The van der Waals surface area contributed by atoms with Crippen LogP contribution in [0.5, 0.6) is 0 Å². The van der Waals surface area contributed by atoms with Crippen molar-refractivity contribution in [2.24, 2.45) is 21.9 Å². The van der Waals surface area contributed by atoms with E-state index in [0.717, 1.165) is 28.2 Å². The second-order valence-corrected chi connectivity index (χ2v) is 12.2. The van der Waals surface area contributed by atoms with Crippen LogP contribution in [0.1, 0.15) is 38.3 Å². The van der Waals surface area contributed by atoms with Crippen LogP contribution in [0.25, 0.3) is 0 Å². The normalized spacial score (nSPS) is 15.2. The maximum absolute atomic E-state index is 14.7. The number of carbonyl (C=O) groups excluding carboxylic acids is 4. The summed E-state index contributed by atoms with van der Waals surface area (Å²) in [6.07, 6.45) is 4.11. The Morgan fingerprint density at radius 3 is 2.37 bits per heavy atom. The van der Waals surface area contributed by atoms with Crippen LogP contribution in [-0.2, 0) is 25.6 Å². The Labute approximate surface area is 268 Å². The van der Waals surface area contributed by atoms with Gasteiger partial charge in [0.1, 0.15) is 12.4 Å². The first-order valence-electron chi connectivity index (χ1n) is 15.0. The van der Waals surface area contributed by atoms with Crippen molar-refractivity contribution in [3.05, 3.63) is 88.9 Å². The van der Waals surface area contributed by atoms with Crippen LogP contribution in [0.2, 0.25) is 0 Å². The molecule has 2 aromatic rings. The lowest BCUT2D eigenvalue weighted by Gasteiger charge is -2.41. The van der Waals surface area contributed by atoms with Crippen molar-refractivity contribution in [3.8, 4) is 0 Å². The number of hydrogen-bond acceptors (Lipinski definition) is 8. The maximum atomic E-state index is 14.7. The third-order valence-electron chi connectivity index (χ3n) is 7.49. The molecule has 0 radical (unpaired) electrons. The van der Waals surface area contributed by atoms with Crippen LogP contribution >= 0.6 is 0 Å². The first-order valence-corrected chi connectivity index (χ1v) is 15.0. The number of aryl methyl sites for hydroxylation is 1. The van der Waals surface area contributed by atoms with Crippen LogP contribution in [0.15, 0.2) is 76.9 Å². The SMILES string of the molecule is Cc1ccc(F)c(N=CC(=C(N)Cc2ccccc2)[C@H](N(CC[C@H](N)C(=O)NCCN2C(=O)C=CC2=O)C(=O)CO)C(C)(C)C)c1. The summed E-state index contributed by atoms with van der Waals surface area (Å²) < 4.78 is 14.7. The van der Waals surface area contributed by atoms with Gasteiger partial charge in [-0.15, -0.1) is 0 Å². The minimum absolute atomic E-state index is 0.00445. The molecule has 11 nitrogen and oxygen atoms in total. The van der Waals surface area contributed by atoms with Gasteiger partial charge in [0.15, 0.2) is 0 Å². The van der Waals surface area contributed by atoms with E-state index in [2.05, 4.69) is 10.3 Å². The number of aliphatic hydroxyl groups is 1. The largest absolute Gasteiger partial charge is 0.401 e. The maximum Gasteiger partial charge on any atom is 0.253 e. The highest BCUT2D eigenvalue weighted by Gasteiger charge is 2.37. The molecule has 0 saturated heterocycles. The monoisotopic (exact) mass is 634 g/mol. The summed E-state index contributed by atoms with van der Waals surface area (Å²) in [6, 6.07) is 12.2. The van der Waals surface area contributed by atoms with Crippen LogP contribution in [-0.4, -0.2) is 83.1 Å². The van der Waals surface area contributed by atoms with Gasteiger partial charge in [-0.3, -0.25) is 29.1 Å². The summed E-state index contributed by atoms with van der Waals surface area (Å²) in [5.41, 5.74) is 14.9. The Hall–Kier alpha value is -4.68. The van der Waals surface area contributed by atoms with E-state index in [1.165, 1.54) is 17.2 Å². The number of hydrogen-bond donors (Lipinski definition) is 4. The van der Waals surface area contributed by atoms with Crippen LogP contribution < -0.4 is 16.8 Å². The van der Waals surface area contributed by atoms with E-state index in [1.807, 2.05) is 58.0 Å². The van der Waals surface area contributed by atoms with Gasteiger partial charge in [-0.2, -0.15) is 0 Å². The first kappa shape index (κ1) is 35.8. The molecule has 1 aliphatic rings. The van der Waals surface area contributed by atoms with Gasteiger partial charge in [0.25, 0.3) is 11.8 Å². The van der Waals surface area contributed by atoms with Gasteiger partial charge < -0.3 is 26.8 Å². The number of nitrogens with two attached hydrogens (primary N) is 2. The molecular formula is C34H43FN6O5. The number of imide groups is 1. The number of halogens is 1.